The summed E-state index contributed by atoms with van der Waals surface area (Å²) in [6.07, 6.45) is 1.20. The van der Waals surface area contributed by atoms with Crippen LogP contribution in [0.1, 0.15) is 66.4 Å². The van der Waals surface area contributed by atoms with Crippen molar-refractivity contribution in [3.63, 3.8) is 0 Å². The number of hydrazone groups is 1. The van der Waals surface area contributed by atoms with E-state index in [0.717, 1.165) is 5.56 Å². The fraction of sp³-hybridized carbons (Fsp3) is 0.565. The molecule has 31 heavy (non-hydrogen) atoms. The van der Waals surface area contributed by atoms with Crippen LogP contribution in [0.25, 0.3) is 0 Å². The van der Waals surface area contributed by atoms with Gasteiger partial charge in [-0.05, 0) is 18.4 Å². The van der Waals surface area contributed by atoms with Crippen molar-refractivity contribution >= 4 is 34.7 Å². The molecule has 170 valence electrons. The fourth-order valence-electron chi connectivity index (χ4n) is 3.01. The van der Waals surface area contributed by atoms with Crippen molar-refractivity contribution in [2.45, 2.75) is 65.7 Å². The Morgan fingerprint density at radius 3 is 2.19 bits per heavy atom. The second-order valence-corrected chi connectivity index (χ2v) is 10.9. The number of esters is 1. The predicted octanol–water partition coefficient (Wildman–Crippen LogP) is 4.24. The molecule has 1 aliphatic rings. The zero-order valence-corrected chi connectivity index (χ0v) is 20.3. The summed E-state index contributed by atoms with van der Waals surface area (Å²) in [7, 11) is 1.36. The molecular weight excluding hydrogens is 414 g/mol. The minimum absolute atomic E-state index is 0.165. The molecule has 0 spiro atoms. The summed E-state index contributed by atoms with van der Waals surface area (Å²) >= 11 is 1.34. The molecule has 0 radical (unpaired) electrons. The molecule has 1 N–H and O–H groups in total. The number of nitrogens with one attached hydrogen (secondary N) is 1. The Balaban J connectivity index is 2.49. The van der Waals surface area contributed by atoms with E-state index in [-0.39, 0.29) is 24.2 Å². The molecule has 8 heteroatoms. The lowest BCUT2D eigenvalue weighted by atomic mass is 9.92. The molecular formula is C23H33N3O4S. The number of benzene rings is 1. The van der Waals surface area contributed by atoms with Gasteiger partial charge in [0.1, 0.15) is 4.87 Å². The molecule has 1 atom stereocenters. The number of amides is 2. The summed E-state index contributed by atoms with van der Waals surface area (Å²) < 4.78 is 4.78. The van der Waals surface area contributed by atoms with Crippen LogP contribution >= 0.6 is 11.8 Å². The van der Waals surface area contributed by atoms with Crippen molar-refractivity contribution in [1.82, 2.24) is 10.3 Å². The van der Waals surface area contributed by atoms with Crippen LogP contribution < -0.4 is 5.32 Å². The first-order chi connectivity index (χ1) is 14.3. The van der Waals surface area contributed by atoms with E-state index in [1.54, 1.807) is 0 Å². The maximum Gasteiger partial charge on any atom is 0.305 e. The number of hydrogen-bond donors (Lipinski definition) is 1. The van der Waals surface area contributed by atoms with Crippen molar-refractivity contribution in [3.05, 3.63) is 35.9 Å². The molecule has 0 fully saturated rings. The normalized spacial score (nSPS) is 19.1. The number of methoxy groups -OCH3 is 1. The van der Waals surface area contributed by atoms with Gasteiger partial charge >= 0.3 is 5.97 Å². The molecule has 1 heterocycles. The molecule has 7 nitrogen and oxygen atoms in total. The number of thioether (sulfide) groups is 1. The van der Waals surface area contributed by atoms with Crippen LogP contribution in [-0.4, -0.2) is 35.1 Å². The maximum absolute atomic E-state index is 13.4. The van der Waals surface area contributed by atoms with Crippen LogP contribution in [0.3, 0.4) is 0 Å². The van der Waals surface area contributed by atoms with Crippen LogP contribution in [0, 0.1) is 10.8 Å². The summed E-state index contributed by atoms with van der Waals surface area (Å²) in [5, 5.41) is 9.31. The number of carbonyl (C=O) groups is 3. The molecule has 2 rings (SSSR count). The molecule has 0 aliphatic carbocycles. The van der Waals surface area contributed by atoms with Crippen molar-refractivity contribution in [2.24, 2.45) is 15.9 Å². The van der Waals surface area contributed by atoms with Crippen LogP contribution in [0.5, 0.6) is 0 Å². The lowest BCUT2D eigenvalue weighted by Crippen LogP contribution is -2.46. The summed E-state index contributed by atoms with van der Waals surface area (Å²) in [6, 6.07) is 9.60. The Kier molecular flexibility index (Phi) is 7.57. The second-order valence-electron chi connectivity index (χ2n) is 9.66. The predicted molar refractivity (Wildman–Crippen MR) is 123 cm³/mol. The van der Waals surface area contributed by atoms with Crippen LogP contribution in [0.15, 0.2) is 35.4 Å². The van der Waals surface area contributed by atoms with Gasteiger partial charge in [-0.2, -0.15) is 0 Å². The van der Waals surface area contributed by atoms with Crippen LogP contribution in [0.4, 0.5) is 0 Å². The van der Waals surface area contributed by atoms with Gasteiger partial charge in [0.2, 0.25) is 11.8 Å². The van der Waals surface area contributed by atoms with Gasteiger partial charge in [-0.25, -0.2) is 5.01 Å². The van der Waals surface area contributed by atoms with E-state index in [1.807, 2.05) is 71.9 Å². The fourth-order valence-corrected chi connectivity index (χ4v) is 4.31. The number of hydrogen-bond acceptors (Lipinski definition) is 6. The largest absolute Gasteiger partial charge is 0.469 e. The first-order valence-corrected chi connectivity index (χ1v) is 11.2. The molecule has 0 aromatic heterocycles. The molecule has 1 unspecified atom stereocenters. The van der Waals surface area contributed by atoms with E-state index in [2.05, 4.69) is 10.4 Å². The lowest BCUT2D eigenvalue weighted by molar-refractivity contribution is -0.143. The SMILES string of the molecule is COC(=O)CCCC1(c2ccccc2)SC(NC(=O)C(C)(C)C)=NN1C(=O)C(C)(C)C. The van der Waals surface area contributed by atoms with Crippen LogP contribution in [0.2, 0.25) is 0 Å². The third-order valence-corrected chi connectivity index (χ3v) is 6.21. The first kappa shape index (κ1) is 24.9. The van der Waals surface area contributed by atoms with Gasteiger partial charge < -0.3 is 10.1 Å². The second kappa shape index (κ2) is 9.42. The highest BCUT2D eigenvalue weighted by atomic mass is 32.2. The molecule has 2 amide bonds. The smallest absolute Gasteiger partial charge is 0.305 e. The highest BCUT2D eigenvalue weighted by Crippen LogP contribution is 2.50. The summed E-state index contributed by atoms with van der Waals surface area (Å²) in [4.78, 5) is 36.9. The van der Waals surface area contributed by atoms with E-state index in [1.165, 1.54) is 23.9 Å². The van der Waals surface area contributed by atoms with E-state index in [4.69, 9.17) is 4.74 Å². The number of nitrogens with zero attached hydrogens (tertiary/aromatic N) is 2. The molecule has 1 aromatic carbocycles. The Morgan fingerprint density at radius 2 is 1.68 bits per heavy atom. The highest BCUT2D eigenvalue weighted by Gasteiger charge is 2.50. The average Bonchev–Trinajstić information content (AvgIpc) is 3.05. The van der Waals surface area contributed by atoms with Gasteiger partial charge in [0.15, 0.2) is 5.17 Å². The zero-order chi connectivity index (χ0) is 23.4. The average molecular weight is 448 g/mol. The maximum atomic E-state index is 13.4. The van der Waals surface area contributed by atoms with E-state index in [9.17, 15) is 14.4 Å². The number of carbonyl (C=O) groups excluding carboxylic acids is 3. The molecule has 0 saturated heterocycles. The van der Waals surface area contributed by atoms with Gasteiger partial charge in [-0.15, -0.1) is 5.10 Å². The molecule has 0 bridgehead atoms. The summed E-state index contributed by atoms with van der Waals surface area (Å²) in [6.45, 7) is 11.0. The van der Waals surface area contributed by atoms with Crippen molar-refractivity contribution in [3.8, 4) is 0 Å². The lowest BCUT2D eigenvalue weighted by Gasteiger charge is -2.38. The minimum Gasteiger partial charge on any atom is -0.469 e. The van der Waals surface area contributed by atoms with E-state index in [0.29, 0.717) is 18.0 Å². The van der Waals surface area contributed by atoms with Crippen molar-refractivity contribution < 1.29 is 19.1 Å². The van der Waals surface area contributed by atoms with Gasteiger partial charge in [0, 0.05) is 17.3 Å². The van der Waals surface area contributed by atoms with Crippen LogP contribution in [-0.2, 0) is 24.0 Å². The van der Waals surface area contributed by atoms with Gasteiger partial charge in [-0.3, -0.25) is 14.4 Å². The monoisotopic (exact) mass is 447 g/mol. The number of amidine groups is 1. The zero-order valence-electron chi connectivity index (χ0n) is 19.4. The third-order valence-electron chi connectivity index (χ3n) is 4.88. The topological polar surface area (TPSA) is 88.1 Å². The summed E-state index contributed by atoms with van der Waals surface area (Å²) in [5.41, 5.74) is -0.410. The van der Waals surface area contributed by atoms with E-state index < -0.39 is 15.7 Å². The van der Waals surface area contributed by atoms with E-state index >= 15 is 0 Å². The van der Waals surface area contributed by atoms with Gasteiger partial charge in [0.25, 0.3) is 0 Å². The standard InChI is InChI=1S/C23H33N3O4S/c1-21(2,3)18(28)24-20-25-26(19(29)22(4,5)6)23(31-20,15-11-14-17(27)30-7)16-12-9-8-10-13-16/h8-10,12-13H,11,14-15H2,1-7H3,(H,24,25,28). The molecule has 0 saturated carbocycles. The number of ether oxygens (including phenoxy) is 1. The quantitative estimate of drug-likeness (QED) is 0.682. The number of rotatable bonds is 5. The molecule has 1 aromatic rings. The Bertz CT molecular complexity index is 856. The Labute approximate surface area is 189 Å². The van der Waals surface area contributed by atoms with Crippen molar-refractivity contribution in [2.75, 3.05) is 7.11 Å². The minimum atomic E-state index is -0.875. The third kappa shape index (κ3) is 5.87. The first-order valence-electron chi connectivity index (χ1n) is 10.4. The van der Waals surface area contributed by atoms with Gasteiger partial charge in [-0.1, -0.05) is 83.6 Å². The highest BCUT2D eigenvalue weighted by molar-refractivity contribution is 8.14. The molecule has 1 aliphatic heterocycles. The summed E-state index contributed by atoms with van der Waals surface area (Å²) in [5.74, 6) is -0.649. The van der Waals surface area contributed by atoms with Gasteiger partial charge in [0.05, 0.1) is 7.11 Å². The Morgan fingerprint density at radius 1 is 1.06 bits per heavy atom. The Hall–Kier alpha value is -2.35. The van der Waals surface area contributed by atoms with Crippen molar-refractivity contribution in [1.29, 1.82) is 0 Å².